The van der Waals surface area contributed by atoms with Crippen molar-refractivity contribution in [3.05, 3.63) is 29.8 Å². The highest BCUT2D eigenvalue weighted by Crippen LogP contribution is 2.34. The molecular formula is C13H14F3NO3S. The number of rotatable bonds is 5. The molecule has 0 radical (unpaired) electrons. The fourth-order valence-electron chi connectivity index (χ4n) is 1.98. The van der Waals surface area contributed by atoms with Gasteiger partial charge in [0.1, 0.15) is 6.61 Å². The number of carboxylic acids is 1. The molecule has 2 rings (SSSR count). The average molecular weight is 321 g/mol. The molecule has 116 valence electrons. The summed E-state index contributed by atoms with van der Waals surface area (Å²) in [7, 11) is 0. The quantitative estimate of drug-likeness (QED) is 0.845. The Bertz CT molecular complexity index is 510. The largest absolute Gasteiger partial charge is 0.480 e. The third-order valence-corrected chi connectivity index (χ3v) is 4.00. The lowest BCUT2D eigenvalue weighted by molar-refractivity contribution is -0.144. The van der Waals surface area contributed by atoms with E-state index in [-0.39, 0.29) is 12.7 Å². The third-order valence-electron chi connectivity index (χ3n) is 2.95. The van der Waals surface area contributed by atoms with Crippen LogP contribution in [0.1, 0.15) is 12.0 Å². The minimum Gasteiger partial charge on any atom is -0.480 e. The maximum atomic E-state index is 12.6. The lowest BCUT2D eigenvalue weighted by atomic mass is 10.2. The summed E-state index contributed by atoms with van der Waals surface area (Å²) in [5, 5.41) is 8.53. The Hall–Kier alpha value is -1.25. The van der Waals surface area contributed by atoms with Crippen molar-refractivity contribution in [1.29, 1.82) is 0 Å². The monoisotopic (exact) mass is 321 g/mol. The Kier molecular flexibility index (Phi) is 5.13. The highest BCUT2D eigenvalue weighted by atomic mass is 32.2. The molecule has 1 aromatic carbocycles. The van der Waals surface area contributed by atoms with Crippen molar-refractivity contribution in [3.8, 4) is 0 Å². The number of ether oxygens (including phenoxy) is 1. The number of alkyl halides is 3. The van der Waals surface area contributed by atoms with Gasteiger partial charge >= 0.3 is 12.1 Å². The van der Waals surface area contributed by atoms with Gasteiger partial charge < -0.3 is 9.84 Å². The number of halogens is 3. The van der Waals surface area contributed by atoms with E-state index in [0.717, 1.165) is 12.1 Å². The molecule has 1 unspecified atom stereocenters. The van der Waals surface area contributed by atoms with Crippen LogP contribution in [0, 0.1) is 0 Å². The van der Waals surface area contributed by atoms with E-state index in [9.17, 15) is 18.0 Å². The summed E-state index contributed by atoms with van der Waals surface area (Å²) >= 11 is 1.23. The molecule has 8 heteroatoms. The standard InChI is InChI=1S/C13H14F3NO3S/c14-13(15,16)9-2-1-3-11(6-9)21-17-5-4-10(7-17)20-8-12(18)19/h1-3,6,10H,4-5,7-8H2,(H,18,19). The second-order valence-electron chi connectivity index (χ2n) is 4.62. The maximum absolute atomic E-state index is 12.6. The molecule has 0 amide bonds. The minimum atomic E-state index is -4.35. The predicted molar refractivity (Wildman–Crippen MR) is 70.9 cm³/mol. The van der Waals surface area contributed by atoms with Crippen LogP contribution in [0.15, 0.2) is 29.2 Å². The van der Waals surface area contributed by atoms with Gasteiger partial charge in [-0.15, -0.1) is 0 Å². The molecule has 0 spiro atoms. The molecular weight excluding hydrogens is 307 g/mol. The second kappa shape index (κ2) is 6.67. The lowest BCUT2D eigenvalue weighted by Crippen LogP contribution is -2.21. The van der Waals surface area contributed by atoms with Gasteiger partial charge in [-0.05, 0) is 36.6 Å². The van der Waals surface area contributed by atoms with Crippen LogP contribution < -0.4 is 0 Å². The number of aliphatic carboxylic acids is 1. The molecule has 1 aliphatic heterocycles. The molecule has 0 saturated carbocycles. The molecule has 1 atom stereocenters. The molecule has 1 aliphatic rings. The topological polar surface area (TPSA) is 49.8 Å². The SMILES string of the molecule is O=C(O)COC1CCN(Sc2cccc(C(F)(F)F)c2)C1. The Morgan fingerprint density at radius 2 is 2.24 bits per heavy atom. The number of benzene rings is 1. The number of carbonyl (C=O) groups is 1. The van der Waals surface area contributed by atoms with E-state index in [0.29, 0.717) is 24.4 Å². The fraction of sp³-hybridized carbons (Fsp3) is 0.462. The van der Waals surface area contributed by atoms with E-state index in [1.165, 1.54) is 18.0 Å². The van der Waals surface area contributed by atoms with Crippen molar-refractivity contribution in [2.24, 2.45) is 0 Å². The number of hydrogen-bond acceptors (Lipinski definition) is 4. The van der Waals surface area contributed by atoms with Crippen LogP contribution >= 0.6 is 11.9 Å². The van der Waals surface area contributed by atoms with Crippen LogP contribution in [0.2, 0.25) is 0 Å². The molecule has 1 fully saturated rings. The van der Waals surface area contributed by atoms with Crippen molar-refractivity contribution in [3.63, 3.8) is 0 Å². The van der Waals surface area contributed by atoms with E-state index in [4.69, 9.17) is 9.84 Å². The van der Waals surface area contributed by atoms with Gasteiger partial charge in [0.05, 0.1) is 11.7 Å². The third kappa shape index (κ3) is 4.90. The zero-order valence-corrected chi connectivity index (χ0v) is 11.8. The highest BCUT2D eigenvalue weighted by Gasteiger charge is 2.31. The van der Waals surface area contributed by atoms with E-state index in [1.807, 2.05) is 4.31 Å². The maximum Gasteiger partial charge on any atom is 0.416 e. The number of hydrogen-bond donors (Lipinski definition) is 1. The fourth-order valence-corrected chi connectivity index (χ4v) is 3.04. The Labute approximate surface area is 124 Å². The molecule has 1 aromatic rings. The zero-order chi connectivity index (χ0) is 15.5. The van der Waals surface area contributed by atoms with Gasteiger partial charge in [-0.25, -0.2) is 9.10 Å². The van der Waals surface area contributed by atoms with Crippen LogP contribution in [0.5, 0.6) is 0 Å². The van der Waals surface area contributed by atoms with Gasteiger partial charge in [-0.3, -0.25) is 0 Å². The van der Waals surface area contributed by atoms with Gasteiger partial charge in [0, 0.05) is 18.0 Å². The average Bonchev–Trinajstić information content (AvgIpc) is 2.83. The van der Waals surface area contributed by atoms with E-state index >= 15 is 0 Å². The summed E-state index contributed by atoms with van der Waals surface area (Å²) < 4.78 is 44.9. The molecule has 0 bridgehead atoms. The highest BCUT2D eigenvalue weighted by molar-refractivity contribution is 7.97. The first-order valence-electron chi connectivity index (χ1n) is 6.28. The number of carboxylic acid groups (broad SMARTS) is 1. The first-order chi connectivity index (χ1) is 9.84. The van der Waals surface area contributed by atoms with E-state index in [1.54, 1.807) is 6.07 Å². The zero-order valence-electron chi connectivity index (χ0n) is 11.0. The van der Waals surface area contributed by atoms with Crippen molar-refractivity contribution < 1.29 is 27.8 Å². The van der Waals surface area contributed by atoms with Crippen molar-refractivity contribution in [1.82, 2.24) is 4.31 Å². The van der Waals surface area contributed by atoms with Crippen molar-refractivity contribution in [2.75, 3.05) is 19.7 Å². The molecule has 21 heavy (non-hydrogen) atoms. The summed E-state index contributed by atoms with van der Waals surface area (Å²) in [5.74, 6) is -1.03. The predicted octanol–water partition coefficient (Wildman–Crippen LogP) is 2.89. The Morgan fingerprint density at radius 3 is 2.90 bits per heavy atom. The molecule has 1 saturated heterocycles. The van der Waals surface area contributed by atoms with Crippen LogP contribution in [0.3, 0.4) is 0 Å². The second-order valence-corrected chi connectivity index (χ2v) is 5.79. The van der Waals surface area contributed by atoms with E-state index in [2.05, 4.69) is 0 Å². The molecule has 1 N–H and O–H groups in total. The van der Waals surface area contributed by atoms with Gasteiger partial charge in [-0.2, -0.15) is 13.2 Å². The smallest absolute Gasteiger partial charge is 0.416 e. The lowest BCUT2D eigenvalue weighted by Gasteiger charge is -2.15. The summed E-state index contributed by atoms with van der Waals surface area (Å²) in [6, 6.07) is 5.13. The number of nitrogens with zero attached hydrogens (tertiary/aromatic N) is 1. The van der Waals surface area contributed by atoms with Crippen LogP contribution in [0.25, 0.3) is 0 Å². The van der Waals surface area contributed by atoms with Crippen LogP contribution in [0.4, 0.5) is 13.2 Å². The summed E-state index contributed by atoms with van der Waals surface area (Å²) in [5.41, 5.74) is -0.676. The molecule has 4 nitrogen and oxygen atoms in total. The summed E-state index contributed by atoms with van der Waals surface area (Å²) in [4.78, 5) is 10.9. The van der Waals surface area contributed by atoms with Crippen molar-refractivity contribution in [2.45, 2.75) is 23.6 Å². The van der Waals surface area contributed by atoms with Crippen LogP contribution in [-0.4, -0.2) is 41.2 Å². The van der Waals surface area contributed by atoms with Gasteiger partial charge in [0.15, 0.2) is 0 Å². The normalized spacial score (nSPS) is 19.9. The molecule has 0 aliphatic carbocycles. The van der Waals surface area contributed by atoms with E-state index < -0.39 is 17.7 Å². The van der Waals surface area contributed by atoms with Gasteiger partial charge in [0.25, 0.3) is 0 Å². The van der Waals surface area contributed by atoms with Crippen molar-refractivity contribution >= 4 is 17.9 Å². The minimum absolute atomic E-state index is 0.195. The molecule has 0 aromatic heterocycles. The van der Waals surface area contributed by atoms with Gasteiger partial charge in [-0.1, -0.05) is 6.07 Å². The Balaban J connectivity index is 1.90. The first kappa shape index (κ1) is 16.1. The Morgan fingerprint density at radius 1 is 1.48 bits per heavy atom. The first-order valence-corrected chi connectivity index (χ1v) is 7.05. The summed E-state index contributed by atoms with van der Waals surface area (Å²) in [6.07, 6.45) is -3.88. The van der Waals surface area contributed by atoms with Gasteiger partial charge in [0.2, 0.25) is 0 Å². The van der Waals surface area contributed by atoms with Crippen LogP contribution in [-0.2, 0) is 15.7 Å². The summed E-state index contributed by atoms with van der Waals surface area (Å²) in [6.45, 7) is 0.784. The molecule has 1 heterocycles.